The Labute approximate surface area is 109 Å². The molecule has 0 aliphatic carbocycles. The minimum absolute atomic E-state index is 0.0692. The highest BCUT2D eigenvalue weighted by Crippen LogP contribution is 2.07. The summed E-state index contributed by atoms with van der Waals surface area (Å²) in [6.45, 7) is 1.28. The zero-order valence-corrected chi connectivity index (χ0v) is 11.3. The van der Waals surface area contributed by atoms with Crippen LogP contribution in [-0.2, 0) is 23.9 Å². The van der Waals surface area contributed by atoms with Crippen molar-refractivity contribution in [2.75, 3.05) is 25.7 Å². The number of amides is 1. The van der Waals surface area contributed by atoms with Crippen LogP contribution in [-0.4, -0.2) is 60.8 Å². The summed E-state index contributed by atoms with van der Waals surface area (Å²) in [5, 5.41) is 11.7. The van der Waals surface area contributed by atoms with E-state index in [1.165, 1.54) is 21.1 Å². The van der Waals surface area contributed by atoms with E-state index < -0.39 is 24.1 Å². The topological polar surface area (TPSA) is 102 Å². The first-order valence-corrected chi connectivity index (χ1v) is 6.26. The Morgan fingerprint density at radius 1 is 1.17 bits per heavy atom. The average molecular weight is 279 g/mol. The molecule has 0 aliphatic heterocycles. The van der Waals surface area contributed by atoms with E-state index in [1.807, 2.05) is 0 Å². The number of esters is 2. The van der Waals surface area contributed by atoms with Crippen molar-refractivity contribution in [2.24, 2.45) is 0 Å². The van der Waals surface area contributed by atoms with Crippen molar-refractivity contribution in [1.82, 2.24) is 5.32 Å². The molecule has 0 heterocycles. The molecule has 0 aliphatic rings. The van der Waals surface area contributed by atoms with Gasteiger partial charge in [-0.1, -0.05) is 0 Å². The number of thioether (sulfide) groups is 1. The lowest BCUT2D eigenvalue weighted by Gasteiger charge is -2.15. The first kappa shape index (κ1) is 16.7. The van der Waals surface area contributed by atoms with Crippen molar-refractivity contribution in [2.45, 2.75) is 19.1 Å². The molecule has 0 aromatic carbocycles. The van der Waals surface area contributed by atoms with E-state index in [1.54, 1.807) is 0 Å². The normalized spacial score (nSPS) is 13.3. The Bertz CT molecular complexity index is 309. The van der Waals surface area contributed by atoms with Gasteiger partial charge in [-0.2, -0.15) is 11.8 Å². The molecular formula is C10H17NO6S. The predicted octanol–water partition coefficient (Wildman–Crippen LogP) is -1.07. The minimum Gasteiger partial charge on any atom is -0.467 e. The number of carbonyl (C=O) groups is 3. The average Bonchev–Trinajstić information content (AvgIpc) is 2.34. The number of nitrogens with one attached hydrogen (secondary N) is 1. The Hall–Kier alpha value is -1.28. The summed E-state index contributed by atoms with van der Waals surface area (Å²) in [5.74, 6) is -1.42. The van der Waals surface area contributed by atoms with Crippen LogP contribution >= 0.6 is 11.8 Å². The van der Waals surface area contributed by atoms with Crippen molar-refractivity contribution in [3.8, 4) is 0 Å². The van der Waals surface area contributed by atoms with Crippen LogP contribution in [0.5, 0.6) is 0 Å². The molecule has 0 aromatic rings. The molecule has 1 unspecified atom stereocenters. The zero-order chi connectivity index (χ0) is 14.1. The van der Waals surface area contributed by atoms with Gasteiger partial charge in [-0.15, -0.1) is 0 Å². The number of hydrogen-bond donors (Lipinski definition) is 2. The molecule has 0 radical (unpaired) electrons. The summed E-state index contributed by atoms with van der Waals surface area (Å²) >= 11 is 1.13. The van der Waals surface area contributed by atoms with E-state index in [0.717, 1.165) is 11.8 Å². The highest BCUT2D eigenvalue weighted by Gasteiger charge is 2.22. The number of carbonyl (C=O) groups excluding carboxylic acids is 3. The van der Waals surface area contributed by atoms with Crippen LogP contribution < -0.4 is 5.32 Å². The van der Waals surface area contributed by atoms with E-state index in [-0.39, 0.29) is 17.4 Å². The molecule has 0 saturated carbocycles. The lowest BCUT2D eigenvalue weighted by atomic mass is 10.3. The van der Waals surface area contributed by atoms with Gasteiger partial charge in [0.1, 0.15) is 6.04 Å². The summed E-state index contributed by atoms with van der Waals surface area (Å²) in [6.07, 6.45) is -1.25. The molecule has 0 aromatic heterocycles. The molecular weight excluding hydrogens is 262 g/mol. The highest BCUT2D eigenvalue weighted by molar-refractivity contribution is 7.99. The first-order chi connectivity index (χ1) is 8.42. The van der Waals surface area contributed by atoms with Crippen molar-refractivity contribution in [3.63, 3.8) is 0 Å². The number of rotatable bonds is 7. The maximum Gasteiger partial charge on any atom is 0.335 e. The van der Waals surface area contributed by atoms with Gasteiger partial charge in [-0.05, 0) is 0 Å². The summed E-state index contributed by atoms with van der Waals surface area (Å²) in [6, 6.07) is -0.803. The molecule has 18 heavy (non-hydrogen) atoms. The fourth-order valence-electron chi connectivity index (χ4n) is 1.06. The third-order valence-corrected chi connectivity index (χ3v) is 3.02. The molecule has 104 valence electrons. The van der Waals surface area contributed by atoms with Gasteiger partial charge in [0.05, 0.1) is 14.2 Å². The molecule has 0 fully saturated rings. The standard InChI is InChI=1S/C10H17NO6S/c1-6(12)11-7(9(14)16-2)4-18-5-8(13)10(15)17-3/h7-8,13H,4-5H2,1-3H3,(H,11,12)/t7-,8?/m0/s1. The number of ether oxygens (including phenoxy) is 2. The monoisotopic (exact) mass is 279 g/mol. The maximum absolute atomic E-state index is 11.3. The van der Waals surface area contributed by atoms with E-state index in [9.17, 15) is 19.5 Å². The molecule has 2 atom stereocenters. The molecule has 0 saturated heterocycles. The van der Waals surface area contributed by atoms with Crippen LogP contribution in [0.2, 0.25) is 0 Å². The van der Waals surface area contributed by atoms with Gasteiger partial charge < -0.3 is 19.9 Å². The zero-order valence-electron chi connectivity index (χ0n) is 10.5. The van der Waals surface area contributed by atoms with Crippen LogP contribution in [0, 0.1) is 0 Å². The van der Waals surface area contributed by atoms with Crippen LogP contribution in [0.4, 0.5) is 0 Å². The Kier molecular flexibility index (Phi) is 8.14. The van der Waals surface area contributed by atoms with Crippen LogP contribution in [0.25, 0.3) is 0 Å². The van der Waals surface area contributed by atoms with Gasteiger partial charge in [0.25, 0.3) is 0 Å². The number of hydrogen-bond acceptors (Lipinski definition) is 7. The van der Waals surface area contributed by atoms with Gasteiger partial charge in [0.2, 0.25) is 5.91 Å². The second-order valence-electron chi connectivity index (χ2n) is 3.35. The molecule has 0 rings (SSSR count). The lowest BCUT2D eigenvalue weighted by molar-refractivity contribution is -0.149. The Morgan fingerprint density at radius 2 is 1.72 bits per heavy atom. The summed E-state index contributed by atoms with van der Waals surface area (Å²) < 4.78 is 8.86. The molecule has 1 amide bonds. The Balaban J connectivity index is 4.15. The largest absolute Gasteiger partial charge is 0.467 e. The van der Waals surface area contributed by atoms with Gasteiger partial charge in [-0.3, -0.25) is 4.79 Å². The molecule has 2 N–H and O–H groups in total. The fourth-order valence-corrected chi connectivity index (χ4v) is 2.01. The van der Waals surface area contributed by atoms with Gasteiger partial charge in [0, 0.05) is 18.4 Å². The molecule has 8 heteroatoms. The number of aliphatic hydroxyl groups is 1. The third kappa shape index (κ3) is 6.45. The quantitative estimate of drug-likeness (QED) is 0.572. The van der Waals surface area contributed by atoms with Crippen molar-refractivity contribution < 1.29 is 29.0 Å². The van der Waals surface area contributed by atoms with Crippen LogP contribution in [0.3, 0.4) is 0 Å². The van der Waals surface area contributed by atoms with Crippen LogP contribution in [0.15, 0.2) is 0 Å². The van der Waals surface area contributed by atoms with Crippen molar-refractivity contribution in [3.05, 3.63) is 0 Å². The summed E-state index contributed by atoms with van der Waals surface area (Å²) in [7, 11) is 2.38. The third-order valence-electron chi connectivity index (χ3n) is 1.90. The second-order valence-corrected chi connectivity index (χ2v) is 4.43. The molecule has 0 bridgehead atoms. The second kappa shape index (κ2) is 8.76. The summed E-state index contributed by atoms with van der Waals surface area (Å²) in [5.41, 5.74) is 0. The van der Waals surface area contributed by atoms with Gasteiger partial charge in [0.15, 0.2) is 6.10 Å². The minimum atomic E-state index is -1.25. The highest BCUT2D eigenvalue weighted by atomic mass is 32.2. The van der Waals surface area contributed by atoms with E-state index in [0.29, 0.717) is 0 Å². The lowest BCUT2D eigenvalue weighted by Crippen LogP contribution is -2.42. The van der Waals surface area contributed by atoms with Crippen molar-refractivity contribution >= 4 is 29.6 Å². The molecule has 7 nitrogen and oxygen atoms in total. The van der Waals surface area contributed by atoms with Gasteiger partial charge in [-0.25, -0.2) is 9.59 Å². The van der Waals surface area contributed by atoms with E-state index >= 15 is 0 Å². The number of aliphatic hydroxyl groups excluding tert-OH is 1. The van der Waals surface area contributed by atoms with Crippen molar-refractivity contribution in [1.29, 1.82) is 0 Å². The maximum atomic E-state index is 11.3. The van der Waals surface area contributed by atoms with Gasteiger partial charge >= 0.3 is 11.9 Å². The fraction of sp³-hybridized carbons (Fsp3) is 0.700. The molecule has 0 spiro atoms. The Morgan fingerprint density at radius 3 is 2.17 bits per heavy atom. The summed E-state index contributed by atoms with van der Waals surface area (Å²) in [4.78, 5) is 33.1. The SMILES string of the molecule is COC(=O)C(O)CSC[C@H](NC(C)=O)C(=O)OC. The van der Waals surface area contributed by atoms with E-state index in [2.05, 4.69) is 14.8 Å². The predicted molar refractivity (Wildman–Crippen MR) is 65.0 cm³/mol. The number of methoxy groups -OCH3 is 2. The first-order valence-electron chi connectivity index (χ1n) is 5.11. The van der Waals surface area contributed by atoms with Crippen LogP contribution in [0.1, 0.15) is 6.92 Å². The smallest absolute Gasteiger partial charge is 0.335 e. The van der Waals surface area contributed by atoms with E-state index in [4.69, 9.17) is 0 Å².